The zero-order valence-corrected chi connectivity index (χ0v) is 13.0. The highest BCUT2D eigenvalue weighted by Crippen LogP contribution is 2.35. The number of H-pyrrole nitrogens is 2. The molecule has 3 rings (SSSR count). The molecule has 0 spiro atoms. The number of non-ortho nitro benzene ring substituents is 1. The van der Waals surface area contributed by atoms with Gasteiger partial charge in [-0.25, -0.2) is 0 Å². The van der Waals surface area contributed by atoms with Crippen LogP contribution in [0.3, 0.4) is 0 Å². The summed E-state index contributed by atoms with van der Waals surface area (Å²) in [5, 5.41) is 11.2. The second-order valence-electron chi connectivity index (χ2n) is 6.09. The minimum Gasteiger partial charge on any atom is -0.364 e. The molecule has 1 fully saturated rings. The second-order valence-corrected chi connectivity index (χ2v) is 6.09. The number of piperidine rings is 1. The number of anilines is 1. The van der Waals surface area contributed by atoms with E-state index in [2.05, 4.69) is 28.7 Å². The van der Waals surface area contributed by atoms with Crippen LogP contribution < -0.4 is 16.0 Å². The number of fused-ring (bicyclic) bond motifs is 1. The van der Waals surface area contributed by atoms with Crippen LogP contribution in [0.5, 0.6) is 0 Å². The average Bonchev–Trinajstić information content (AvgIpc) is 2.48. The van der Waals surface area contributed by atoms with Crippen LogP contribution in [0.4, 0.5) is 11.4 Å². The Hall–Kier alpha value is -2.64. The van der Waals surface area contributed by atoms with Crippen LogP contribution in [0.2, 0.25) is 0 Å². The number of nitrogens with one attached hydrogen (secondary N) is 2. The van der Waals surface area contributed by atoms with Gasteiger partial charge in [0, 0.05) is 24.2 Å². The molecule has 0 radical (unpaired) electrons. The van der Waals surface area contributed by atoms with Gasteiger partial charge in [-0.2, -0.15) is 0 Å². The van der Waals surface area contributed by atoms with Crippen molar-refractivity contribution >= 4 is 22.4 Å². The number of benzene rings is 1. The first-order valence-corrected chi connectivity index (χ1v) is 7.61. The maximum Gasteiger partial charge on any atom is 0.314 e. The van der Waals surface area contributed by atoms with Crippen LogP contribution in [-0.2, 0) is 0 Å². The first-order chi connectivity index (χ1) is 10.9. The highest BCUT2D eigenvalue weighted by Gasteiger charge is 2.28. The van der Waals surface area contributed by atoms with E-state index >= 15 is 0 Å². The van der Waals surface area contributed by atoms with Crippen LogP contribution in [0.15, 0.2) is 21.7 Å². The molecule has 8 nitrogen and oxygen atoms in total. The molecule has 0 aliphatic carbocycles. The second kappa shape index (κ2) is 5.53. The van der Waals surface area contributed by atoms with Crippen LogP contribution >= 0.6 is 0 Å². The maximum absolute atomic E-state index is 11.7. The molecule has 1 saturated heterocycles. The Kier molecular flexibility index (Phi) is 3.67. The first-order valence-electron chi connectivity index (χ1n) is 7.61. The predicted octanol–water partition coefficient (Wildman–Crippen LogP) is 1.89. The predicted molar refractivity (Wildman–Crippen MR) is 87.1 cm³/mol. The van der Waals surface area contributed by atoms with Crippen molar-refractivity contribution < 1.29 is 4.92 Å². The number of hydrogen-bond donors (Lipinski definition) is 2. The Morgan fingerprint density at radius 2 is 1.74 bits per heavy atom. The number of aromatic amines is 2. The average molecular weight is 318 g/mol. The van der Waals surface area contributed by atoms with Gasteiger partial charge in [0.15, 0.2) is 0 Å². The van der Waals surface area contributed by atoms with E-state index < -0.39 is 16.0 Å². The molecule has 2 unspecified atom stereocenters. The quantitative estimate of drug-likeness (QED) is 0.499. The standard InChI is InChI=1S/C15H18N4O4/c1-8-4-3-5-9(2)18(8)12-7-10(19(22)23)6-11-13(12)17-15(21)14(20)16-11/h6-9H,3-5H2,1-2H3,(H,16,20)(H,17,21). The van der Waals surface area contributed by atoms with E-state index in [9.17, 15) is 19.7 Å². The third-order valence-corrected chi connectivity index (χ3v) is 4.48. The number of hydrogen-bond acceptors (Lipinski definition) is 5. The van der Waals surface area contributed by atoms with Gasteiger partial charge in [0.25, 0.3) is 5.69 Å². The summed E-state index contributed by atoms with van der Waals surface area (Å²) in [6.07, 6.45) is 3.04. The van der Waals surface area contributed by atoms with Crippen molar-refractivity contribution in [3.8, 4) is 0 Å². The van der Waals surface area contributed by atoms with Gasteiger partial charge in [-0.05, 0) is 33.1 Å². The summed E-state index contributed by atoms with van der Waals surface area (Å²) in [5.74, 6) is 0. The molecule has 2 aromatic rings. The molecule has 1 aromatic heterocycles. The van der Waals surface area contributed by atoms with E-state index in [1.807, 2.05) is 0 Å². The van der Waals surface area contributed by atoms with Crippen LogP contribution in [-0.4, -0.2) is 27.0 Å². The lowest BCUT2D eigenvalue weighted by atomic mass is 9.96. The summed E-state index contributed by atoms with van der Waals surface area (Å²) in [6, 6.07) is 3.13. The molecule has 1 aliphatic rings. The van der Waals surface area contributed by atoms with E-state index in [4.69, 9.17) is 0 Å². The molecule has 1 aromatic carbocycles. The summed E-state index contributed by atoms with van der Waals surface area (Å²) in [4.78, 5) is 41.1. The first kappa shape index (κ1) is 15.3. The van der Waals surface area contributed by atoms with E-state index in [-0.39, 0.29) is 23.3 Å². The molecule has 2 atom stereocenters. The van der Waals surface area contributed by atoms with E-state index in [0.717, 1.165) is 19.3 Å². The Balaban J connectivity index is 2.32. The van der Waals surface area contributed by atoms with Crippen molar-refractivity contribution in [2.75, 3.05) is 4.90 Å². The van der Waals surface area contributed by atoms with Gasteiger partial charge in [-0.1, -0.05) is 0 Å². The van der Waals surface area contributed by atoms with E-state index in [1.54, 1.807) is 0 Å². The molecule has 2 heterocycles. The van der Waals surface area contributed by atoms with Gasteiger partial charge in [-0.3, -0.25) is 19.7 Å². The van der Waals surface area contributed by atoms with Gasteiger partial charge in [0.2, 0.25) is 0 Å². The van der Waals surface area contributed by atoms with Crippen molar-refractivity contribution in [1.82, 2.24) is 9.97 Å². The van der Waals surface area contributed by atoms with E-state index in [0.29, 0.717) is 11.2 Å². The largest absolute Gasteiger partial charge is 0.364 e. The fraction of sp³-hybridized carbons (Fsp3) is 0.467. The van der Waals surface area contributed by atoms with Crippen molar-refractivity contribution in [3.05, 3.63) is 43.0 Å². The van der Waals surface area contributed by atoms with Crippen molar-refractivity contribution in [3.63, 3.8) is 0 Å². The summed E-state index contributed by atoms with van der Waals surface area (Å²) in [7, 11) is 0. The summed E-state index contributed by atoms with van der Waals surface area (Å²) in [6.45, 7) is 4.12. The number of aromatic nitrogens is 2. The molecule has 8 heteroatoms. The van der Waals surface area contributed by atoms with Crippen LogP contribution in [0.25, 0.3) is 11.0 Å². The van der Waals surface area contributed by atoms with Gasteiger partial charge in [-0.15, -0.1) is 0 Å². The minimum atomic E-state index is -0.816. The number of rotatable bonds is 2. The van der Waals surface area contributed by atoms with Crippen molar-refractivity contribution in [1.29, 1.82) is 0 Å². The maximum atomic E-state index is 11.7. The third kappa shape index (κ3) is 2.60. The van der Waals surface area contributed by atoms with Gasteiger partial charge >= 0.3 is 11.1 Å². The zero-order valence-electron chi connectivity index (χ0n) is 13.0. The van der Waals surface area contributed by atoms with Gasteiger partial charge in [0.05, 0.1) is 21.6 Å². The molecule has 1 aliphatic heterocycles. The summed E-state index contributed by atoms with van der Waals surface area (Å²) in [5.41, 5.74) is -0.402. The number of nitrogens with zero attached hydrogens (tertiary/aromatic N) is 2. The van der Waals surface area contributed by atoms with Crippen molar-refractivity contribution in [2.45, 2.75) is 45.2 Å². The van der Waals surface area contributed by atoms with Crippen LogP contribution in [0.1, 0.15) is 33.1 Å². The summed E-state index contributed by atoms with van der Waals surface area (Å²) >= 11 is 0. The van der Waals surface area contributed by atoms with Crippen molar-refractivity contribution in [2.24, 2.45) is 0 Å². The molecule has 122 valence electrons. The Morgan fingerprint density at radius 1 is 1.13 bits per heavy atom. The Labute approximate surface area is 131 Å². The lowest BCUT2D eigenvalue weighted by Gasteiger charge is -2.41. The highest BCUT2D eigenvalue weighted by atomic mass is 16.6. The minimum absolute atomic E-state index is 0.111. The topological polar surface area (TPSA) is 112 Å². The Bertz CT molecular complexity index is 875. The molecule has 2 N–H and O–H groups in total. The molecular weight excluding hydrogens is 300 g/mol. The Morgan fingerprint density at radius 3 is 2.35 bits per heavy atom. The van der Waals surface area contributed by atoms with Gasteiger partial charge in [0.1, 0.15) is 0 Å². The molecule has 0 saturated carbocycles. The van der Waals surface area contributed by atoms with Gasteiger partial charge < -0.3 is 14.9 Å². The highest BCUT2D eigenvalue weighted by molar-refractivity contribution is 5.90. The number of nitro groups is 1. The summed E-state index contributed by atoms with van der Waals surface area (Å²) < 4.78 is 0. The SMILES string of the molecule is CC1CCCC(C)N1c1cc([N+](=O)[O-])cc2[nH]c(=O)c(=O)[nH]c12. The fourth-order valence-electron chi connectivity index (χ4n) is 3.40. The monoisotopic (exact) mass is 318 g/mol. The fourth-order valence-corrected chi connectivity index (χ4v) is 3.40. The zero-order chi connectivity index (χ0) is 16.7. The van der Waals surface area contributed by atoms with Crippen LogP contribution in [0, 0.1) is 10.1 Å². The molecular formula is C15H18N4O4. The molecule has 0 bridgehead atoms. The third-order valence-electron chi connectivity index (χ3n) is 4.48. The number of nitro benzene ring substituents is 1. The lowest BCUT2D eigenvalue weighted by Crippen LogP contribution is -2.44. The molecule has 0 amide bonds. The lowest BCUT2D eigenvalue weighted by molar-refractivity contribution is -0.384. The van der Waals surface area contributed by atoms with E-state index in [1.165, 1.54) is 12.1 Å². The smallest absolute Gasteiger partial charge is 0.314 e. The normalized spacial score (nSPS) is 21.6. The molecule has 23 heavy (non-hydrogen) atoms.